The van der Waals surface area contributed by atoms with Crippen molar-refractivity contribution in [3.05, 3.63) is 15.8 Å². The van der Waals surface area contributed by atoms with Gasteiger partial charge in [0.25, 0.3) is 0 Å². The summed E-state index contributed by atoms with van der Waals surface area (Å²) in [5.74, 6) is 0.503. The highest BCUT2D eigenvalue weighted by Gasteiger charge is 2.33. The number of aryl methyl sites for hydroxylation is 2. The third-order valence-electron chi connectivity index (χ3n) is 3.04. The zero-order valence-electron chi connectivity index (χ0n) is 9.96. The van der Waals surface area contributed by atoms with Gasteiger partial charge in [0.05, 0.1) is 11.0 Å². The van der Waals surface area contributed by atoms with Crippen LogP contribution in [-0.4, -0.2) is 39.0 Å². The predicted octanol–water partition coefficient (Wildman–Crippen LogP) is 0.462. The van der Waals surface area contributed by atoms with Gasteiger partial charge in [0.2, 0.25) is 5.82 Å². The number of anilines is 1. The second-order valence-electron chi connectivity index (χ2n) is 4.24. The number of hydrogen-bond acceptors (Lipinski definition) is 5. The smallest absolute Gasteiger partial charge is 0.334 e. The van der Waals surface area contributed by atoms with Gasteiger partial charge in [-0.15, -0.1) is 0 Å². The summed E-state index contributed by atoms with van der Waals surface area (Å²) < 4.78 is 1.54. The van der Waals surface area contributed by atoms with Gasteiger partial charge in [-0.2, -0.15) is 5.10 Å². The molecular weight excluding hydrogens is 224 g/mol. The molecule has 0 radical (unpaired) electrons. The first-order chi connectivity index (χ1) is 8.04. The number of aromatic nitrogens is 2. The van der Waals surface area contributed by atoms with E-state index in [-0.39, 0.29) is 10.6 Å². The van der Waals surface area contributed by atoms with E-state index in [1.54, 1.807) is 7.05 Å². The Kier molecular flexibility index (Phi) is 3.01. The van der Waals surface area contributed by atoms with Crippen LogP contribution in [0.25, 0.3) is 0 Å². The number of nitrogens with zero attached hydrogens (tertiary/aromatic N) is 4. The molecule has 1 aliphatic heterocycles. The summed E-state index contributed by atoms with van der Waals surface area (Å²) in [4.78, 5) is 12.6. The molecule has 1 saturated heterocycles. The van der Waals surface area contributed by atoms with Gasteiger partial charge in [-0.3, -0.25) is 10.1 Å². The molecule has 7 heteroatoms. The van der Waals surface area contributed by atoms with E-state index in [4.69, 9.17) is 0 Å². The second kappa shape index (κ2) is 4.33. The van der Waals surface area contributed by atoms with Crippen molar-refractivity contribution in [1.29, 1.82) is 0 Å². The highest BCUT2D eigenvalue weighted by Crippen LogP contribution is 2.33. The Morgan fingerprint density at radius 1 is 1.65 bits per heavy atom. The lowest BCUT2D eigenvalue weighted by Gasteiger charge is -2.16. The minimum absolute atomic E-state index is 0.0732. The highest BCUT2D eigenvalue weighted by molar-refractivity contribution is 5.62. The van der Waals surface area contributed by atoms with Crippen molar-refractivity contribution in [1.82, 2.24) is 9.78 Å². The molecule has 7 nitrogen and oxygen atoms in total. The monoisotopic (exact) mass is 240 g/mol. The molecule has 0 saturated carbocycles. The normalized spacial score (nSPS) is 19.9. The summed E-state index contributed by atoms with van der Waals surface area (Å²) in [5.41, 5.74) is 0.568. The van der Waals surface area contributed by atoms with E-state index in [0.29, 0.717) is 37.4 Å². The number of aliphatic hydroxyl groups excluding tert-OH is 1. The third kappa shape index (κ3) is 1.97. The van der Waals surface area contributed by atoms with E-state index in [1.807, 2.05) is 11.8 Å². The minimum Gasteiger partial charge on any atom is -0.391 e. The van der Waals surface area contributed by atoms with Crippen LogP contribution in [0.1, 0.15) is 19.0 Å². The van der Waals surface area contributed by atoms with Gasteiger partial charge < -0.3 is 10.0 Å². The van der Waals surface area contributed by atoms with Crippen LogP contribution in [0.2, 0.25) is 0 Å². The number of hydrogen-bond donors (Lipinski definition) is 1. The third-order valence-corrected chi connectivity index (χ3v) is 3.04. The van der Waals surface area contributed by atoms with Gasteiger partial charge in [0.1, 0.15) is 5.69 Å². The zero-order chi connectivity index (χ0) is 12.6. The van der Waals surface area contributed by atoms with E-state index in [1.165, 1.54) is 4.68 Å². The Bertz CT molecular complexity index is 443. The first kappa shape index (κ1) is 11.8. The Morgan fingerprint density at radius 3 is 2.82 bits per heavy atom. The van der Waals surface area contributed by atoms with Crippen molar-refractivity contribution in [3.8, 4) is 0 Å². The topological polar surface area (TPSA) is 84.4 Å². The molecule has 0 aliphatic carbocycles. The minimum atomic E-state index is -0.408. The molecule has 17 heavy (non-hydrogen) atoms. The summed E-state index contributed by atoms with van der Waals surface area (Å²) in [6.45, 7) is 2.91. The lowest BCUT2D eigenvalue weighted by molar-refractivity contribution is -0.384. The van der Waals surface area contributed by atoms with E-state index < -0.39 is 6.10 Å². The fourth-order valence-corrected chi connectivity index (χ4v) is 2.27. The summed E-state index contributed by atoms with van der Waals surface area (Å²) in [5, 5.41) is 24.8. The Balaban J connectivity index is 2.45. The van der Waals surface area contributed by atoms with Crippen LogP contribution in [0.4, 0.5) is 11.5 Å². The van der Waals surface area contributed by atoms with E-state index in [0.717, 1.165) is 0 Å². The van der Waals surface area contributed by atoms with Crippen molar-refractivity contribution < 1.29 is 10.0 Å². The van der Waals surface area contributed by atoms with Gasteiger partial charge in [-0.1, -0.05) is 6.92 Å². The quantitative estimate of drug-likeness (QED) is 0.613. The molecule has 2 rings (SSSR count). The maximum atomic E-state index is 11.1. The number of nitro groups is 1. The average Bonchev–Trinajstić information content (AvgIpc) is 2.81. The van der Waals surface area contributed by atoms with Crippen LogP contribution >= 0.6 is 0 Å². The molecule has 1 unspecified atom stereocenters. The summed E-state index contributed by atoms with van der Waals surface area (Å²) in [7, 11) is 1.70. The first-order valence-electron chi connectivity index (χ1n) is 5.67. The summed E-state index contributed by atoms with van der Waals surface area (Å²) in [6.07, 6.45) is 0.763. The molecular formula is C10H16N4O3. The Labute approximate surface area is 98.8 Å². The fraction of sp³-hybridized carbons (Fsp3) is 0.700. The van der Waals surface area contributed by atoms with E-state index >= 15 is 0 Å². The second-order valence-corrected chi connectivity index (χ2v) is 4.24. The van der Waals surface area contributed by atoms with Gasteiger partial charge >= 0.3 is 5.69 Å². The fourth-order valence-electron chi connectivity index (χ4n) is 2.27. The molecule has 0 amide bonds. The van der Waals surface area contributed by atoms with Crippen molar-refractivity contribution >= 4 is 11.5 Å². The van der Waals surface area contributed by atoms with Crippen molar-refractivity contribution in [2.45, 2.75) is 25.9 Å². The average molecular weight is 240 g/mol. The standard InChI is InChI=1S/C10H16N4O3/c1-3-8-9(14(16)17)10(12(2)11-8)13-5-4-7(15)6-13/h7,15H,3-6H2,1-2H3. The largest absolute Gasteiger partial charge is 0.391 e. The zero-order valence-corrected chi connectivity index (χ0v) is 9.96. The lowest BCUT2D eigenvalue weighted by Crippen LogP contribution is -2.24. The molecule has 94 valence electrons. The SMILES string of the molecule is CCc1nn(C)c(N2CCC(O)C2)c1[N+](=O)[O-]. The van der Waals surface area contributed by atoms with Gasteiger partial charge in [-0.25, -0.2) is 4.68 Å². The maximum Gasteiger partial charge on any atom is 0.334 e. The van der Waals surface area contributed by atoms with E-state index in [2.05, 4.69) is 5.10 Å². The van der Waals surface area contributed by atoms with E-state index in [9.17, 15) is 15.2 Å². The molecule has 1 aromatic heterocycles. The molecule has 0 spiro atoms. The molecule has 0 aromatic carbocycles. The van der Waals surface area contributed by atoms with Crippen molar-refractivity contribution in [2.75, 3.05) is 18.0 Å². The molecule has 1 N–H and O–H groups in total. The Morgan fingerprint density at radius 2 is 2.35 bits per heavy atom. The molecule has 1 fully saturated rings. The van der Waals surface area contributed by atoms with Crippen LogP contribution < -0.4 is 4.90 Å². The molecule has 2 heterocycles. The van der Waals surface area contributed by atoms with Crippen LogP contribution in [-0.2, 0) is 13.5 Å². The van der Waals surface area contributed by atoms with Crippen LogP contribution in [0.3, 0.4) is 0 Å². The number of aliphatic hydroxyl groups is 1. The lowest BCUT2D eigenvalue weighted by atomic mass is 10.3. The first-order valence-corrected chi connectivity index (χ1v) is 5.67. The van der Waals surface area contributed by atoms with Gasteiger partial charge in [0.15, 0.2) is 0 Å². The Hall–Kier alpha value is -1.63. The summed E-state index contributed by atoms with van der Waals surface area (Å²) >= 11 is 0. The maximum absolute atomic E-state index is 11.1. The van der Waals surface area contributed by atoms with Crippen LogP contribution in [0, 0.1) is 10.1 Å². The number of β-amino-alcohol motifs (C(OH)–C–C–N with tert-alkyl or cyclic N) is 1. The van der Waals surface area contributed by atoms with Gasteiger partial charge in [0, 0.05) is 20.1 Å². The number of rotatable bonds is 3. The van der Waals surface area contributed by atoms with Crippen LogP contribution in [0.15, 0.2) is 0 Å². The molecule has 1 aliphatic rings. The van der Waals surface area contributed by atoms with Crippen molar-refractivity contribution in [2.24, 2.45) is 7.05 Å². The van der Waals surface area contributed by atoms with Gasteiger partial charge in [-0.05, 0) is 12.8 Å². The molecule has 0 bridgehead atoms. The molecule has 1 aromatic rings. The summed E-state index contributed by atoms with van der Waals surface area (Å²) in [6, 6.07) is 0. The van der Waals surface area contributed by atoms with Crippen LogP contribution in [0.5, 0.6) is 0 Å². The molecule has 1 atom stereocenters. The predicted molar refractivity (Wildman–Crippen MR) is 62.1 cm³/mol. The highest BCUT2D eigenvalue weighted by atomic mass is 16.6. The van der Waals surface area contributed by atoms with Crippen molar-refractivity contribution in [3.63, 3.8) is 0 Å².